The summed E-state index contributed by atoms with van der Waals surface area (Å²) in [6.45, 7) is 2.51. The second kappa shape index (κ2) is 9.81. The molecule has 1 fully saturated rings. The predicted octanol–water partition coefficient (Wildman–Crippen LogP) is 3.77. The molecule has 8 heteroatoms. The highest BCUT2D eigenvalue weighted by atomic mass is 35.5. The van der Waals surface area contributed by atoms with Crippen LogP contribution < -0.4 is 10.1 Å². The first kappa shape index (κ1) is 22.6. The standard InChI is InChI=1S/C22H27ClN2O4S/c1-16(20-10-3-4-11-21(20)29-2)24-22(26)18-8-6-12-25(14-18)30(27,28)15-17-7-5-9-19(23)13-17/h3-5,7,9-11,13,16,18H,6,8,12,14-15H2,1-2H3,(H,24,26)/t16-,18+/m0/s1. The maximum Gasteiger partial charge on any atom is 0.224 e. The molecule has 0 aliphatic carbocycles. The van der Waals surface area contributed by atoms with Crippen molar-refractivity contribution in [3.8, 4) is 5.75 Å². The predicted molar refractivity (Wildman–Crippen MR) is 118 cm³/mol. The maximum absolute atomic E-state index is 12.9. The van der Waals surface area contributed by atoms with E-state index in [0.29, 0.717) is 35.7 Å². The van der Waals surface area contributed by atoms with Crippen molar-refractivity contribution in [1.29, 1.82) is 0 Å². The van der Waals surface area contributed by atoms with Crippen molar-refractivity contribution in [2.75, 3.05) is 20.2 Å². The highest BCUT2D eigenvalue weighted by Gasteiger charge is 2.33. The van der Waals surface area contributed by atoms with Gasteiger partial charge in [-0.2, -0.15) is 0 Å². The van der Waals surface area contributed by atoms with E-state index in [9.17, 15) is 13.2 Å². The molecule has 6 nitrogen and oxygen atoms in total. The van der Waals surface area contributed by atoms with E-state index in [-0.39, 0.29) is 30.2 Å². The number of amides is 1. The summed E-state index contributed by atoms with van der Waals surface area (Å²) in [5, 5.41) is 3.52. The van der Waals surface area contributed by atoms with Crippen molar-refractivity contribution in [2.45, 2.75) is 31.6 Å². The number of rotatable bonds is 7. The molecule has 2 aromatic rings. The number of hydrogen-bond donors (Lipinski definition) is 1. The third kappa shape index (κ3) is 5.53. The van der Waals surface area contributed by atoms with Crippen LogP contribution in [-0.2, 0) is 20.6 Å². The highest BCUT2D eigenvalue weighted by Crippen LogP contribution is 2.26. The van der Waals surface area contributed by atoms with Gasteiger partial charge in [0.25, 0.3) is 0 Å². The van der Waals surface area contributed by atoms with Crippen molar-refractivity contribution in [3.63, 3.8) is 0 Å². The first-order chi connectivity index (χ1) is 14.3. The zero-order valence-electron chi connectivity index (χ0n) is 17.2. The lowest BCUT2D eigenvalue weighted by Crippen LogP contribution is -2.46. The van der Waals surface area contributed by atoms with Gasteiger partial charge in [0, 0.05) is 23.7 Å². The van der Waals surface area contributed by atoms with Crippen molar-refractivity contribution < 1.29 is 17.9 Å². The van der Waals surface area contributed by atoms with Gasteiger partial charge in [0.2, 0.25) is 15.9 Å². The molecule has 1 N–H and O–H groups in total. The summed E-state index contributed by atoms with van der Waals surface area (Å²) < 4.78 is 32.6. The van der Waals surface area contributed by atoms with Crippen LogP contribution in [0.15, 0.2) is 48.5 Å². The maximum atomic E-state index is 12.9. The Labute approximate surface area is 183 Å². The molecule has 0 spiro atoms. The summed E-state index contributed by atoms with van der Waals surface area (Å²) in [7, 11) is -1.94. The van der Waals surface area contributed by atoms with Crippen molar-refractivity contribution in [1.82, 2.24) is 9.62 Å². The van der Waals surface area contributed by atoms with Crippen LogP contribution in [0, 0.1) is 5.92 Å². The molecule has 162 valence electrons. The van der Waals surface area contributed by atoms with Crippen molar-refractivity contribution in [3.05, 3.63) is 64.7 Å². The smallest absolute Gasteiger partial charge is 0.224 e. The molecule has 1 amide bonds. The normalized spacial score (nSPS) is 18.6. The minimum Gasteiger partial charge on any atom is -0.496 e. The summed E-state index contributed by atoms with van der Waals surface area (Å²) >= 11 is 5.97. The van der Waals surface area contributed by atoms with E-state index in [1.165, 1.54) is 4.31 Å². The first-order valence-electron chi connectivity index (χ1n) is 9.95. The molecule has 1 saturated heterocycles. The number of carbonyl (C=O) groups is 1. The minimum absolute atomic E-state index is 0.125. The minimum atomic E-state index is -3.54. The summed E-state index contributed by atoms with van der Waals surface area (Å²) in [5.74, 6) is 0.0558. The Morgan fingerprint density at radius 2 is 2.03 bits per heavy atom. The number of para-hydroxylation sites is 1. The molecule has 2 aromatic carbocycles. The number of halogens is 1. The third-order valence-corrected chi connectivity index (χ3v) is 7.40. The molecule has 1 aliphatic rings. The number of piperidine rings is 1. The molecule has 0 bridgehead atoms. The van der Waals surface area contributed by atoms with Gasteiger partial charge in [-0.05, 0) is 43.5 Å². The van der Waals surface area contributed by atoms with Gasteiger partial charge in [0.1, 0.15) is 5.75 Å². The van der Waals surface area contributed by atoms with Crippen LogP contribution in [-0.4, -0.2) is 38.8 Å². The van der Waals surface area contributed by atoms with Gasteiger partial charge < -0.3 is 10.1 Å². The van der Waals surface area contributed by atoms with Gasteiger partial charge in [-0.25, -0.2) is 12.7 Å². The topological polar surface area (TPSA) is 75.7 Å². The van der Waals surface area contributed by atoms with Gasteiger partial charge in [-0.1, -0.05) is 41.9 Å². The van der Waals surface area contributed by atoms with Crippen LogP contribution in [0.5, 0.6) is 5.75 Å². The zero-order valence-corrected chi connectivity index (χ0v) is 18.7. The Morgan fingerprint density at radius 3 is 2.77 bits per heavy atom. The number of ether oxygens (including phenoxy) is 1. The number of benzene rings is 2. The van der Waals surface area contributed by atoms with Gasteiger partial charge in [-0.3, -0.25) is 4.79 Å². The van der Waals surface area contributed by atoms with Crippen LogP contribution in [0.4, 0.5) is 0 Å². The molecule has 2 atom stereocenters. The summed E-state index contributed by atoms with van der Waals surface area (Å²) in [5.41, 5.74) is 1.52. The molecule has 0 saturated carbocycles. The van der Waals surface area contributed by atoms with E-state index in [1.54, 1.807) is 31.4 Å². The second-order valence-electron chi connectivity index (χ2n) is 7.56. The molecule has 1 heterocycles. The third-order valence-electron chi connectivity index (χ3n) is 5.35. The zero-order chi connectivity index (χ0) is 21.7. The number of nitrogens with one attached hydrogen (secondary N) is 1. The fraction of sp³-hybridized carbons (Fsp3) is 0.409. The Morgan fingerprint density at radius 1 is 1.27 bits per heavy atom. The lowest BCUT2D eigenvalue weighted by Gasteiger charge is -2.32. The highest BCUT2D eigenvalue weighted by molar-refractivity contribution is 7.88. The number of methoxy groups -OCH3 is 1. The molecule has 0 radical (unpaired) electrons. The van der Waals surface area contributed by atoms with Crippen LogP contribution in [0.2, 0.25) is 5.02 Å². The molecule has 0 aromatic heterocycles. The van der Waals surface area contributed by atoms with Crippen LogP contribution >= 0.6 is 11.6 Å². The van der Waals surface area contributed by atoms with Crippen LogP contribution in [0.3, 0.4) is 0 Å². The molecular formula is C22H27ClN2O4S. The largest absolute Gasteiger partial charge is 0.496 e. The average molecular weight is 451 g/mol. The lowest BCUT2D eigenvalue weighted by molar-refractivity contribution is -0.126. The number of hydrogen-bond acceptors (Lipinski definition) is 4. The SMILES string of the molecule is COc1ccccc1[C@H](C)NC(=O)[C@@H]1CCCN(S(=O)(=O)Cc2cccc(Cl)c2)C1. The number of sulfonamides is 1. The fourth-order valence-corrected chi connectivity index (χ4v) is 5.58. The fourth-order valence-electron chi connectivity index (χ4n) is 3.77. The van der Waals surface area contributed by atoms with Gasteiger partial charge in [-0.15, -0.1) is 0 Å². The Balaban J connectivity index is 1.65. The van der Waals surface area contributed by atoms with E-state index >= 15 is 0 Å². The summed E-state index contributed by atoms with van der Waals surface area (Å²) in [6.07, 6.45) is 1.31. The van der Waals surface area contributed by atoms with Gasteiger partial charge >= 0.3 is 0 Å². The first-order valence-corrected chi connectivity index (χ1v) is 11.9. The number of carbonyl (C=O) groups excluding carboxylic acids is 1. The van der Waals surface area contributed by atoms with Crippen LogP contribution in [0.25, 0.3) is 0 Å². The quantitative estimate of drug-likeness (QED) is 0.696. The van der Waals surface area contributed by atoms with E-state index in [2.05, 4.69) is 5.32 Å². The Kier molecular flexibility index (Phi) is 7.39. The molecule has 30 heavy (non-hydrogen) atoms. The molecular weight excluding hydrogens is 424 g/mol. The lowest BCUT2D eigenvalue weighted by atomic mass is 9.97. The Hall–Kier alpha value is -2.09. The molecule has 3 rings (SSSR count). The van der Waals surface area contributed by atoms with E-state index in [4.69, 9.17) is 16.3 Å². The monoisotopic (exact) mass is 450 g/mol. The average Bonchev–Trinajstić information content (AvgIpc) is 2.73. The summed E-state index contributed by atoms with van der Waals surface area (Å²) in [4.78, 5) is 12.9. The molecule has 0 unspecified atom stereocenters. The number of nitrogens with zero attached hydrogens (tertiary/aromatic N) is 1. The van der Waals surface area contributed by atoms with E-state index in [0.717, 1.165) is 5.56 Å². The van der Waals surface area contributed by atoms with Crippen molar-refractivity contribution in [2.24, 2.45) is 5.92 Å². The van der Waals surface area contributed by atoms with Crippen molar-refractivity contribution >= 4 is 27.5 Å². The van der Waals surface area contributed by atoms with E-state index in [1.807, 2.05) is 31.2 Å². The second-order valence-corrected chi connectivity index (χ2v) is 9.96. The van der Waals surface area contributed by atoms with E-state index < -0.39 is 10.0 Å². The summed E-state index contributed by atoms with van der Waals surface area (Å²) in [6, 6.07) is 14.1. The van der Waals surface area contributed by atoms with Gasteiger partial charge in [0.05, 0.1) is 24.8 Å². The van der Waals surface area contributed by atoms with Gasteiger partial charge in [0.15, 0.2) is 0 Å². The van der Waals surface area contributed by atoms with Crippen LogP contribution in [0.1, 0.15) is 36.9 Å². The molecule has 1 aliphatic heterocycles. The Bertz CT molecular complexity index is 996.